The Balaban J connectivity index is 2.34. The molecule has 3 N–H and O–H groups in total. The number of anilines is 1. The third-order valence-corrected chi connectivity index (χ3v) is 3.50. The monoisotopic (exact) mass is 286 g/mol. The molecule has 0 radical (unpaired) electrons. The maximum atomic E-state index is 11.9. The van der Waals surface area contributed by atoms with Gasteiger partial charge in [-0.3, -0.25) is 4.79 Å². The van der Waals surface area contributed by atoms with Crippen LogP contribution in [0.15, 0.2) is 18.2 Å². The van der Waals surface area contributed by atoms with Crippen molar-refractivity contribution in [2.45, 2.75) is 19.3 Å². The predicted molar refractivity (Wildman–Crippen MR) is 80.4 cm³/mol. The highest BCUT2D eigenvalue weighted by molar-refractivity contribution is 7.98. The van der Waals surface area contributed by atoms with Gasteiger partial charge in [0.1, 0.15) is 0 Å². The molecule has 3 nitrogen and oxygen atoms in total. The van der Waals surface area contributed by atoms with E-state index >= 15 is 0 Å². The molecule has 0 saturated carbocycles. The van der Waals surface area contributed by atoms with E-state index in [9.17, 15) is 4.79 Å². The van der Waals surface area contributed by atoms with Crippen molar-refractivity contribution in [3.05, 3.63) is 28.8 Å². The lowest BCUT2D eigenvalue weighted by molar-refractivity contribution is 0.0954. The Morgan fingerprint density at radius 2 is 2.17 bits per heavy atom. The molecule has 100 valence electrons. The fraction of sp³-hybridized carbons (Fsp3) is 0.462. The largest absolute Gasteiger partial charge is 0.398 e. The molecule has 0 aliphatic carbocycles. The van der Waals surface area contributed by atoms with Crippen molar-refractivity contribution < 1.29 is 4.79 Å². The molecule has 1 rings (SSSR count). The number of carbonyl (C=O) groups excluding carboxylic acids is 1. The number of benzene rings is 1. The summed E-state index contributed by atoms with van der Waals surface area (Å²) in [6.07, 6.45) is 5.42. The number of hydrogen-bond donors (Lipinski definition) is 2. The molecule has 1 aromatic rings. The number of nitrogen functional groups attached to an aromatic ring is 1. The number of rotatable bonds is 7. The summed E-state index contributed by atoms with van der Waals surface area (Å²) >= 11 is 7.69. The molecule has 0 aliphatic rings. The van der Waals surface area contributed by atoms with E-state index in [1.54, 1.807) is 18.2 Å². The number of carbonyl (C=O) groups is 1. The average Bonchev–Trinajstić information content (AvgIpc) is 2.36. The second-order valence-corrected chi connectivity index (χ2v) is 5.46. The Bertz CT molecular complexity index is 399. The summed E-state index contributed by atoms with van der Waals surface area (Å²) < 4.78 is 0. The van der Waals surface area contributed by atoms with Gasteiger partial charge in [-0.1, -0.05) is 18.0 Å². The van der Waals surface area contributed by atoms with Crippen molar-refractivity contribution in [2.24, 2.45) is 0 Å². The lowest BCUT2D eigenvalue weighted by Crippen LogP contribution is -2.25. The van der Waals surface area contributed by atoms with Gasteiger partial charge in [-0.05, 0) is 43.0 Å². The number of unbranched alkanes of at least 4 members (excludes halogenated alkanes) is 2. The van der Waals surface area contributed by atoms with Crippen LogP contribution in [0.2, 0.25) is 5.02 Å². The highest BCUT2D eigenvalue weighted by Crippen LogP contribution is 2.17. The zero-order valence-corrected chi connectivity index (χ0v) is 12.1. The fourth-order valence-electron chi connectivity index (χ4n) is 1.57. The van der Waals surface area contributed by atoms with Gasteiger partial charge < -0.3 is 11.1 Å². The standard InChI is InChI=1S/C13H19ClN2OS/c1-18-8-4-2-3-7-16-13(17)11-9-10(14)5-6-12(11)15/h5-6,9H,2-4,7-8,15H2,1H3,(H,16,17). The minimum Gasteiger partial charge on any atom is -0.398 e. The highest BCUT2D eigenvalue weighted by atomic mass is 35.5. The van der Waals surface area contributed by atoms with E-state index in [0.717, 1.165) is 12.8 Å². The molecule has 5 heteroatoms. The number of thioether (sulfide) groups is 1. The fourth-order valence-corrected chi connectivity index (χ4v) is 2.24. The zero-order chi connectivity index (χ0) is 13.4. The normalized spacial score (nSPS) is 10.3. The SMILES string of the molecule is CSCCCCCNC(=O)c1cc(Cl)ccc1N. The van der Waals surface area contributed by atoms with E-state index in [2.05, 4.69) is 11.6 Å². The van der Waals surface area contributed by atoms with Crippen molar-refractivity contribution >= 4 is 35.0 Å². The van der Waals surface area contributed by atoms with Gasteiger partial charge in [0.25, 0.3) is 5.91 Å². The van der Waals surface area contributed by atoms with Crippen LogP contribution in [0, 0.1) is 0 Å². The van der Waals surface area contributed by atoms with Gasteiger partial charge in [-0.15, -0.1) is 0 Å². The molecule has 0 atom stereocenters. The Labute approximate surface area is 117 Å². The molecule has 0 spiro atoms. The minimum absolute atomic E-state index is 0.153. The van der Waals surface area contributed by atoms with Gasteiger partial charge in [0.2, 0.25) is 0 Å². The van der Waals surface area contributed by atoms with Crippen molar-refractivity contribution in [2.75, 3.05) is 24.3 Å². The van der Waals surface area contributed by atoms with E-state index in [1.807, 2.05) is 11.8 Å². The van der Waals surface area contributed by atoms with E-state index in [4.69, 9.17) is 17.3 Å². The van der Waals surface area contributed by atoms with Crippen LogP contribution in [0.1, 0.15) is 29.6 Å². The number of nitrogens with two attached hydrogens (primary N) is 1. The van der Waals surface area contributed by atoms with Gasteiger partial charge in [-0.2, -0.15) is 11.8 Å². The van der Waals surface area contributed by atoms with Crippen LogP contribution in [-0.2, 0) is 0 Å². The molecular weight excluding hydrogens is 268 g/mol. The minimum atomic E-state index is -0.153. The quantitative estimate of drug-likeness (QED) is 0.598. The first-order valence-electron chi connectivity index (χ1n) is 5.97. The first-order valence-corrected chi connectivity index (χ1v) is 7.74. The third-order valence-electron chi connectivity index (χ3n) is 2.57. The van der Waals surface area contributed by atoms with Crippen LogP contribution in [0.25, 0.3) is 0 Å². The van der Waals surface area contributed by atoms with E-state index < -0.39 is 0 Å². The summed E-state index contributed by atoms with van der Waals surface area (Å²) in [6.45, 7) is 0.680. The summed E-state index contributed by atoms with van der Waals surface area (Å²) in [5.41, 5.74) is 6.65. The topological polar surface area (TPSA) is 55.1 Å². The van der Waals surface area contributed by atoms with Crippen LogP contribution in [0.3, 0.4) is 0 Å². The van der Waals surface area contributed by atoms with Crippen LogP contribution in [0.5, 0.6) is 0 Å². The van der Waals surface area contributed by atoms with Crippen molar-refractivity contribution in [3.8, 4) is 0 Å². The lowest BCUT2D eigenvalue weighted by atomic mass is 10.1. The summed E-state index contributed by atoms with van der Waals surface area (Å²) in [5, 5.41) is 3.38. The molecule has 0 unspecified atom stereocenters. The number of nitrogens with one attached hydrogen (secondary N) is 1. The van der Waals surface area contributed by atoms with E-state index in [-0.39, 0.29) is 5.91 Å². The molecule has 0 aromatic heterocycles. The second-order valence-electron chi connectivity index (χ2n) is 4.04. The van der Waals surface area contributed by atoms with Crippen LogP contribution < -0.4 is 11.1 Å². The summed E-state index contributed by atoms with van der Waals surface area (Å²) in [7, 11) is 0. The summed E-state index contributed by atoms with van der Waals surface area (Å²) in [4.78, 5) is 11.9. The number of amides is 1. The van der Waals surface area contributed by atoms with Crippen LogP contribution >= 0.6 is 23.4 Å². The lowest BCUT2D eigenvalue weighted by Gasteiger charge is -2.07. The van der Waals surface area contributed by atoms with Crippen molar-refractivity contribution in [1.82, 2.24) is 5.32 Å². The van der Waals surface area contributed by atoms with E-state index in [1.165, 1.54) is 12.2 Å². The highest BCUT2D eigenvalue weighted by Gasteiger charge is 2.09. The van der Waals surface area contributed by atoms with Gasteiger partial charge in [0.05, 0.1) is 5.56 Å². The molecule has 18 heavy (non-hydrogen) atoms. The molecule has 0 aliphatic heterocycles. The zero-order valence-electron chi connectivity index (χ0n) is 10.5. The van der Waals surface area contributed by atoms with Crippen LogP contribution in [-0.4, -0.2) is 24.5 Å². The Morgan fingerprint density at radius 3 is 2.89 bits per heavy atom. The molecule has 0 bridgehead atoms. The Morgan fingerprint density at radius 1 is 1.39 bits per heavy atom. The van der Waals surface area contributed by atoms with Gasteiger partial charge in [0, 0.05) is 17.3 Å². The van der Waals surface area contributed by atoms with Crippen LogP contribution in [0.4, 0.5) is 5.69 Å². The Hall–Kier alpha value is -0.870. The first kappa shape index (κ1) is 15.2. The predicted octanol–water partition coefficient (Wildman–Crippen LogP) is 3.19. The van der Waals surface area contributed by atoms with E-state index in [0.29, 0.717) is 22.8 Å². The number of hydrogen-bond acceptors (Lipinski definition) is 3. The first-order chi connectivity index (χ1) is 8.65. The maximum absolute atomic E-state index is 11.9. The van der Waals surface area contributed by atoms with Gasteiger partial charge in [0.15, 0.2) is 0 Å². The Kier molecular flexibility index (Phi) is 6.98. The summed E-state index contributed by atoms with van der Waals surface area (Å²) in [6, 6.07) is 4.92. The van der Waals surface area contributed by atoms with Gasteiger partial charge >= 0.3 is 0 Å². The molecule has 1 aromatic carbocycles. The average molecular weight is 287 g/mol. The molecule has 0 heterocycles. The maximum Gasteiger partial charge on any atom is 0.253 e. The van der Waals surface area contributed by atoms with Gasteiger partial charge in [-0.25, -0.2) is 0 Å². The molecule has 0 fully saturated rings. The number of halogens is 1. The smallest absolute Gasteiger partial charge is 0.253 e. The van der Waals surface area contributed by atoms with Crippen molar-refractivity contribution in [3.63, 3.8) is 0 Å². The summed E-state index contributed by atoms with van der Waals surface area (Å²) in [5.74, 6) is 1.02. The molecule has 0 saturated heterocycles. The molecule has 1 amide bonds. The van der Waals surface area contributed by atoms with Crippen molar-refractivity contribution in [1.29, 1.82) is 0 Å². The second kappa shape index (κ2) is 8.27. The molecular formula is C13H19ClN2OS. The third kappa shape index (κ3) is 5.19.